The van der Waals surface area contributed by atoms with E-state index in [1.165, 1.54) is 19.3 Å². The van der Waals surface area contributed by atoms with Crippen LogP contribution in [0.15, 0.2) is 18.2 Å². The van der Waals surface area contributed by atoms with Gasteiger partial charge < -0.3 is 4.57 Å². The lowest BCUT2D eigenvalue weighted by atomic mass is 9.80. The highest BCUT2D eigenvalue weighted by atomic mass is 35.5. The molecule has 1 fully saturated rings. The Morgan fingerprint density at radius 3 is 2.84 bits per heavy atom. The van der Waals surface area contributed by atoms with Gasteiger partial charge in [-0.25, -0.2) is 4.98 Å². The van der Waals surface area contributed by atoms with Crippen molar-refractivity contribution in [2.24, 2.45) is 5.92 Å². The highest BCUT2D eigenvalue weighted by Gasteiger charge is 2.27. The van der Waals surface area contributed by atoms with Crippen LogP contribution in [0.4, 0.5) is 0 Å². The second-order valence-corrected chi connectivity index (χ2v) is 6.22. The van der Waals surface area contributed by atoms with Crippen molar-refractivity contribution in [2.45, 2.75) is 38.6 Å². The molecule has 1 saturated carbocycles. The molecule has 1 aromatic carbocycles. The second kappa shape index (κ2) is 5.34. The van der Waals surface area contributed by atoms with Crippen LogP contribution in [0.1, 0.15) is 38.1 Å². The first-order valence-corrected chi connectivity index (χ1v) is 7.84. The lowest BCUT2D eigenvalue weighted by Crippen LogP contribution is -2.24. The minimum absolute atomic E-state index is 0.482. The van der Waals surface area contributed by atoms with Gasteiger partial charge in [-0.05, 0) is 43.9 Å². The Morgan fingerprint density at radius 2 is 2.21 bits per heavy atom. The number of hydrogen-bond donors (Lipinski definition) is 0. The molecule has 1 unspecified atom stereocenters. The van der Waals surface area contributed by atoms with Crippen molar-refractivity contribution in [3.63, 3.8) is 0 Å². The molecular weight excluding hydrogens is 279 g/mol. The predicted molar refractivity (Wildman–Crippen MR) is 81.2 cm³/mol. The topological polar surface area (TPSA) is 17.8 Å². The first-order chi connectivity index (χ1) is 9.20. The van der Waals surface area contributed by atoms with Crippen LogP contribution in [0, 0.1) is 5.92 Å². The third-order valence-electron chi connectivity index (χ3n) is 4.28. The molecule has 0 bridgehead atoms. The first-order valence-electron chi connectivity index (χ1n) is 6.93. The maximum absolute atomic E-state index is 6.14. The van der Waals surface area contributed by atoms with Gasteiger partial charge in [-0.3, -0.25) is 0 Å². The Kier molecular flexibility index (Phi) is 3.72. The fraction of sp³-hybridized carbons (Fsp3) is 0.533. The van der Waals surface area contributed by atoms with E-state index in [1.54, 1.807) is 0 Å². The van der Waals surface area contributed by atoms with E-state index < -0.39 is 0 Å². The summed E-state index contributed by atoms with van der Waals surface area (Å²) in [4.78, 5) is 4.73. The van der Waals surface area contributed by atoms with Crippen molar-refractivity contribution in [1.82, 2.24) is 9.55 Å². The summed E-state index contributed by atoms with van der Waals surface area (Å²) in [5, 5.41) is 0.770. The lowest BCUT2D eigenvalue weighted by molar-refractivity contribution is 0.223. The van der Waals surface area contributed by atoms with Gasteiger partial charge in [0.05, 0.1) is 11.0 Å². The van der Waals surface area contributed by atoms with Crippen molar-refractivity contribution in [1.29, 1.82) is 0 Å². The zero-order valence-electron chi connectivity index (χ0n) is 11.1. The molecule has 0 radical (unpaired) electrons. The quantitative estimate of drug-likeness (QED) is 0.739. The van der Waals surface area contributed by atoms with Gasteiger partial charge >= 0.3 is 0 Å². The molecule has 1 aromatic heterocycles. The summed E-state index contributed by atoms with van der Waals surface area (Å²) < 4.78 is 2.35. The maximum Gasteiger partial charge on any atom is 0.111 e. The normalized spacial score (nSPS) is 17.6. The Morgan fingerprint density at radius 1 is 1.42 bits per heavy atom. The van der Waals surface area contributed by atoms with Crippen LogP contribution >= 0.6 is 23.2 Å². The SMILES string of the molecule is CC(C1CCC1)n1c(CCCl)nc2ccc(Cl)cc21. The summed E-state index contributed by atoms with van der Waals surface area (Å²) in [6.45, 7) is 2.30. The Balaban J connectivity index is 2.11. The van der Waals surface area contributed by atoms with Crippen LogP contribution in [0.2, 0.25) is 5.02 Å². The Bertz CT molecular complexity index is 587. The van der Waals surface area contributed by atoms with Crippen molar-refractivity contribution in [3.8, 4) is 0 Å². The van der Waals surface area contributed by atoms with Gasteiger partial charge in [0.2, 0.25) is 0 Å². The molecule has 19 heavy (non-hydrogen) atoms. The zero-order valence-corrected chi connectivity index (χ0v) is 12.6. The Hall–Kier alpha value is -0.730. The van der Waals surface area contributed by atoms with Gasteiger partial charge in [0.1, 0.15) is 5.82 Å². The smallest absolute Gasteiger partial charge is 0.111 e. The minimum Gasteiger partial charge on any atom is -0.325 e. The largest absolute Gasteiger partial charge is 0.325 e. The molecule has 3 rings (SSSR count). The summed E-state index contributed by atoms with van der Waals surface area (Å²) >= 11 is 12.1. The predicted octanol–water partition coefficient (Wildman–Crippen LogP) is 4.83. The molecule has 0 N–H and O–H groups in total. The van der Waals surface area contributed by atoms with E-state index in [-0.39, 0.29) is 0 Å². The number of halogens is 2. The van der Waals surface area contributed by atoms with Crippen LogP contribution in [0.5, 0.6) is 0 Å². The number of nitrogens with zero attached hydrogens (tertiary/aromatic N) is 2. The molecule has 0 aliphatic heterocycles. The highest BCUT2D eigenvalue weighted by molar-refractivity contribution is 6.31. The molecule has 2 nitrogen and oxygen atoms in total. The summed E-state index contributed by atoms with van der Waals surface area (Å²) in [6.07, 6.45) is 4.81. The molecule has 0 spiro atoms. The molecule has 1 heterocycles. The van der Waals surface area contributed by atoms with Crippen LogP contribution in [0.25, 0.3) is 11.0 Å². The van der Waals surface area contributed by atoms with Crippen LogP contribution < -0.4 is 0 Å². The number of benzene rings is 1. The van der Waals surface area contributed by atoms with Crippen molar-refractivity contribution >= 4 is 34.2 Å². The fourth-order valence-corrected chi connectivity index (χ4v) is 3.30. The van der Waals surface area contributed by atoms with Gasteiger partial charge in [0, 0.05) is 23.4 Å². The van der Waals surface area contributed by atoms with Crippen LogP contribution in [-0.4, -0.2) is 15.4 Å². The minimum atomic E-state index is 0.482. The zero-order chi connectivity index (χ0) is 13.4. The molecule has 1 atom stereocenters. The average molecular weight is 297 g/mol. The Labute approximate surface area is 123 Å². The van der Waals surface area contributed by atoms with Crippen LogP contribution in [0.3, 0.4) is 0 Å². The molecule has 102 valence electrons. The molecule has 1 aliphatic rings. The van der Waals surface area contributed by atoms with Crippen LogP contribution in [-0.2, 0) is 6.42 Å². The van der Waals surface area contributed by atoms with E-state index in [4.69, 9.17) is 28.2 Å². The number of aryl methyl sites for hydroxylation is 1. The van der Waals surface area contributed by atoms with Crippen molar-refractivity contribution in [3.05, 3.63) is 29.0 Å². The van der Waals surface area contributed by atoms with E-state index in [9.17, 15) is 0 Å². The second-order valence-electron chi connectivity index (χ2n) is 5.40. The molecule has 4 heteroatoms. The third kappa shape index (κ3) is 2.36. The monoisotopic (exact) mass is 296 g/mol. The maximum atomic E-state index is 6.14. The fourth-order valence-electron chi connectivity index (χ4n) is 2.96. The number of alkyl halides is 1. The summed E-state index contributed by atoms with van der Waals surface area (Å²) in [5.41, 5.74) is 2.17. The van der Waals surface area contributed by atoms with E-state index in [1.807, 2.05) is 18.2 Å². The third-order valence-corrected chi connectivity index (χ3v) is 4.71. The van der Waals surface area contributed by atoms with E-state index in [0.717, 1.165) is 34.2 Å². The lowest BCUT2D eigenvalue weighted by Gasteiger charge is -2.33. The standard InChI is InChI=1S/C15H18Cl2N2/c1-10(11-3-2-4-11)19-14-9-12(17)5-6-13(14)18-15(19)7-8-16/h5-6,9-11H,2-4,7-8H2,1H3. The van der Waals surface area contributed by atoms with Gasteiger partial charge in [0.15, 0.2) is 0 Å². The van der Waals surface area contributed by atoms with Crippen molar-refractivity contribution in [2.75, 3.05) is 5.88 Å². The van der Waals surface area contributed by atoms with Gasteiger partial charge in [0.25, 0.3) is 0 Å². The number of imidazole rings is 1. The molecular formula is C15H18Cl2N2. The van der Waals surface area contributed by atoms with Gasteiger partial charge in [-0.2, -0.15) is 0 Å². The number of fused-ring (bicyclic) bond motifs is 1. The summed E-state index contributed by atoms with van der Waals surface area (Å²) in [5.74, 6) is 2.46. The van der Waals surface area contributed by atoms with E-state index >= 15 is 0 Å². The summed E-state index contributed by atoms with van der Waals surface area (Å²) in [6, 6.07) is 6.41. The van der Waals surface area contributed by atoms with Gasteiger partial charge in [-0.15, -0.1) is 11.6 Å². The van der Waals surface area contributed by atoms with Crippen molar-refractivity contribution < 1.29 is 0 Å². The number of aromatic nitrogens is 2. The molecule has 0 saturated heterocycles. The molecule has 0 amide bonds. The highest BCUT2D eigenvalue weighted by Crippen LogP contribution is 2.38. The van der Waals surface area contributed by atoms with E-state index in [2.05, 4.69) is 11.5 Å². The first kappa shape index (κ1) is 13.3. The number of rotatable bonds is 4. The number of hydrogen-bond acceptors (Lipinski definition) is 1. The molecule has 2 aromatic rings. The summed E-state index contributed by atoms with van der Waals surface area (Å²) in [7, 11) is 0. The average Bonchev–Trinajstić information content (AvgIpc) is 2.64. The van der Waals surface area contributed by atoms with E-state index in [0.29, 0.717) is 11.9 Å². The van der Waals surface area contributed by atoms with Gasteiger partial charge in [-0.1, -0.05) is 18.0 Å². The molecule has 1 aliphatic carbocycles.